The van der Waals surface area contributed by atoms with Crippen molar-refractivity contribution in [1.29, 1.82) is 0 Å². The monoisotopic (exact) mass is 518 g/mol. The number of carbonyl (C=O) groups is 1. The number of morpholine rings is 1. The van der Waals surface area contributed by atoms with Gasteiger partial charge in [-0.3, -0.25) is 24.7 Å². The predicted octanol–water partition coefficient (Wildman–Crippen LogP) is 5.21. The van der Waals surface area contributed by atoms with E-state index in [0.717, 1.165) is 54.2 Å². The lowest BCUT2D eigenvalue weighted by atomic mass is 10.2. The quantitative estimate of drug-likeness (QED) is 0.246. The number of carbonyl (C=O) groups excluding carboxylic acids is 1. The van der Waals surface area contributed by atoms with E-state index >= 15 is 0 Å². The highest BCUT2D eigenvalue weighted by Crippen LogP contribution is 2.33. The van der Waals surface area contributed by atoms with Gasteiger partial charge in [0.05, 0.1) is 33.2 Å². The molecule has 0 N–H and O–H groups in total. The van der Waals surface area contributed by atoms with E-state index in [0.29, 0.717) is 21.9 Å². The number of hydrogen-bond acceptors (Lipinski definition) is 8. The summed E-state index contributed by atoms with van der Waals surface area (Å²) in [5.41, 5.74) is 0.892. The molecule has 0 bridgehead atoms. The van der Waals surface area contributed by atoms with E-state index in [4.69, 9.17) is 9.72 Å². The van der Waals surface area contributed by atoms with Gasteiger partial charge in [-0.25, -0.2) is 4.98 Å². The number of hydrogen-bond donors (Lipinski definition) is 0. The maximum Gasteiger partial charge on any atom is 0.270 e. The topological polar surface area (TPSA) is 88.8 Å². The van der Waals surface area contributed by atoms with Crippen LogP contribution in [0.4, 0.5) is 10.8 Å². The number of aromatic nitrogens is 1. The van der Waals surface area contributed by atoms with Crippen LogP contribution in [0.5, 0.6) is 0 Å². The van der Waals surface area contributed by atoms with Crippen molar-refractivity contribution >= 4 is 72.1 Å². The summed E-state index contributed by atoms with van der Waals surface area (Å²) < 4.78 is 7.30. The number of benzene rings is 2. The Hall–Kier alpha value is -2.63. The van der Waals surface area contributed by atoms with Gasteiger partial charge in [-0.1, -0.05) is 23.5 Å². The molecule has 11 heteroatoms. The molecule has 0 spiro atoms. The van der Waals surface area contributed by atoms with Crippen molar-refractivity contribution in [1.82, 2.24) is 9.88 Å². The van der Waals surface area contributed by atoms with Crippen molar-refractivity contribution in [3.63, 3.8) is 0 Å². The number of nitro groups is 1. The van der Waals surface area contributed by atoms with Gasteiger partial charge in [-0.2, -0.15) is 0 Å². The van der Waals surface area contributed by atoms with Crippen LogP contribution in [0.15, 0.2) is 48.5 Å². The second-order valence-electron chi connectivity index (χ2n) is 7.82. The van der Waals surface area contributed by atoms with E-state index in [9.17, 15) is 14.9 Å². The maximum atomic E-state index is 13.6. The Bertz CT molecular complexity index is 1290. The molecule has 1 saturated heterocycles. The zero-order valence-corrected chi connectivity index (χ0v) is 20.7. The SMILES string of the molecule is Cl.O=C(c1cc2cc([N+](=O)[O-])ccc2s1)N(CCCN1CCOCC1)c1nc2ccccc2s1. The first kappa shape index (κ1) is 24.5. The number of amides is 1. The molecule has 5 rings (SSSR count). The van der Waals surface area contributed by atoms with Gasteiger partial charge in [0.15, 0.2) is 5.13 Å². The van der Waals surface area contributed by atoms with E-state index in [1.807, 2.05) is 24.3 Å². The Labute approximate surface area is 210 Å². The summed E-state index contributed by atoms with van der Waals surface area (Å²) in [4.78, 5) is 33.7. The Morgan fingerprint density at radius 3 is 2.68 bits per heavy atom. The molecule has 0 atom stereocenters. The smallest absolute Gasteiger partial charge is 0.270 e. The van der Waals surface area contributed by atoms with E-state index in [1.54, 1.807) is 17.0 Å². The standard InChI is InChI=1S/C23H22N4O4S2.ClH/c28-22(21-15-16-14-17(27(29)30)6-7-19(16)32-21)26(9-3-8-25-10-12-31-13-11-25)23-24-18-4-1-2-5-20(18)33-23;/h1-2,4-7,14-15H,3,8-13H2;1H. The molecule has 4 aromatic rings. The van der Waals surface area contributed by atoms with Crippen LogP contribution in [0.3, 0.4) is 0 Å². The third-order valence-electron chi connectivity index (χ3n) is 5.64. The van der Waals surface area contributed by atoms with Crippen LogP contribution in [-0.4, -0.2) is 60.1 Å². The van der Waals surface area contributed by atoms with Gasteiger partial charge < -0.3 is 4.74 Å². The van der Waals surface area contributed by atoms with Crippen molar-refractivity contribution in [2.24, 2.45) is 0 Å². The number of ether oxygens (including phenoxy) is 1. The largest absolute Gasteiger partial charge is 0.379 e. The van der Waals surface area contributed by atoms with Gasteiger partial charge >= 0.3 is 0 Å². The van der Waals surface area contributed by atoms with Crippen LogP contribution in [0.1, 0.15) is 16.1 Å². The van der Waals surface area contributed by atoms with Gasteiger partial charge in [0.1, 0.15) is 0 Å². The molecule has 34 heavy (non-hydrogen) atoms. The molecule has 0 unspecified atom stereocenters. The zero-order valence-electron chi connectivity index (χ0n) is 18.2. The first-order valence-corrected chi connectivity index (χ1v) is 12.4. The molecule has 1 amide bonds. The second kappa shape index (κ2) is 10.7. The zero-order chi connectivity index (χ0) is 22.8. The summed E-state index contributed by atoms with van der Waals surface area (Å²) >= 11 is 2.86. The number of nitro benzene ring substituents is 1. The number of anilines is 1. The lowest BCUT2D eigenvalue weighted by molar-refractivity contribution is -0.384. The summed E-state index contributed by atoms with van der Waals surface area (Å²) in [6, 6.07) is 14.3. The van der Waals surface area contributed by atoms with E-state index in [1.165, 1.54) is 34.8 Å². The van der Waals surface area contributed by atoms with Crippen LogP contribution < -0.4 is 4.90 Å². The molecule has 1 fully saturated rings. The van der Waals surface area contributed by atoms with Crippen molar-refractivity contribution in [3.8, 4) is 0 Å². The minimum atomic E-state index is -0.419. The molecule has 8 nitrogen and oxygen atoms in total. The Morgan fingerprint density at radius 2 is 1.91 bits per heavy atom. The predicted molar refractivity (Wildman–Crippen MR) is 139 cm³/mol. The molecule has 178 valence electrons. The fraction of sp³-hybridized carbons (Fsp3) is 0.304. The highest BCUT2D eigenvalue weighted by molar-refractivity contribution is 7.23. The highest BCUT2D eigenvalue weighted by Gasteiger charge is 2.24. The fourth-order valence-electron chi connectivity index (χ4n) is 3.92. The van der Waals surface area contributed by atoms with E-state index < -0.39 is 4.92 Å². The molecule has 1 aliphatic rings. The van der Waals surface area contributed by atoms with E-state index in [-0.39, 0.29) is 24.0 Å². The van der Waals surface area contributed by atoms with Crippen LogP contribution >= 0.6 is 35.1 Å². The van der Waals surface area contributed by atoms with Gasteiger partial charge in [0.2, 0.25) is 0 Å². The molecule has 3 heterocycles. The fourth-order valence-corrected chi connectivity index (χ4v) is 5.90. The van der Waals surface area contributed by atoms with Crippen LogP contribution in [-0.2, 0) is 4.74 Å². The first-order chi connectivity index (χ1) is 16.1. The Kier molecular flexibility index (Phi) is 7.74. The van der Waals surface area contributed by atoms with Crippen molar-refractivity contribution in [3.05, 3.63) is 63.5 Å². The summed E-state index contributed by atoms with van der Waals surface area (Å²) in [5, 5.41) is 12.5. The molecule has 0 radical (unpaired) electrons. The van der Waals surface area contributed by atoms with Crippen molar-refractivity contribution in [2.75, 3.05) is 44.3 Å². The normalized spacial score (nSPS) is 14.2. The van der Waals surface area contributed by atoms with Gasteiger partial charge in [-0.05, 0) is 30.7 Å². The lowest BCUT2D eigenvalue weighted by Gasteiger charge is -2.27. The third kappa shape index (κ3) is 5.21. The molecular weight excluding hydrogens is 496 g/mol. The summed E-state index contributed by atoms with van der Waals surface area (Å²) in [6.45, 7) is 4.73. The van der Waals surface area contributed by atoms with Crippen LogP contribution in [0.25, 0.3) is 20.3 Å². The molecular formula is C23H23ClN4O4S2. The Balaban J connectivity index is 0.00000274. The number of non-ortho nitro benzene ring substituents is 1. The van der Waals surface area contributed by atoms with E-state index in [2.05, 4.69) is 4.90 Å². The summed E-state index contributed by atoms with van der Waals surface area (Å²) in [5.74, 6) is -0.125. The number of rotatable bonds is 7. The number of para-hydroxylation sites is 1. The number of nitrogens with zero attached hydrogens (tertiary/aromatic N) is 4. The summed E-state index contributed by atoms with van der Waals surface area (Å²) in [6.07, 6.45) is 0.817. The second-order valence-corrected chi connectivity index (χ2v) is 9.91. The van der Waals surface area contributed by atoms with Crippen molar-refractivity contribution < 1.29 is 14.5 Å². The van der Waals surface area contributed by atoms with Crippen LogP contribution in [0, 0.1) is 10.1 Å². The number of thiazole rings is 1. The number of thiophene rings is 1. The molecule has 2 aromatic carbocycles. The molecule has 1 aliphatic heterocycles. The van der Waals surface area contributed by atoms with Gasteiger partial charge in [0, 0.05) is 48.4 Å². The number of fused-ring (bicyclic) bond motifs is 2. The molecule has 2 aromatic heterocycles. The lowest BCUT2D eigenvalue weighted by Crippen LogP contribution is -2.39. The third-order valence-corrected chi connectivity index (χ3v) is 7.80. The summed E-state index contributed by atoms with van der Waals surface area (Å²) in [7, 11) is 0. The minimum Gasteiger partial charge on any atom is -0.379 e. The van der Waals surface area contributed by atoms with Gasteiger partial charge in [0.25, 0.3) is 11.6 Å². The van der Waals surface area contributed by atoms with Crippen molar-refractivity contribution in [2.45, 2.75) is 6.42 Å². The highest BCUT2D eigenvalue weighted by atomic mass is 35.5. The molecule has 0 saturated carbocycles. The minimum absolute atomic E-state index is 0. The average molecular weight is 519 g/mol. The first-order valence-electron chi connectivity index (χ1n) is 10.7. The number of halogens is 1. The van der Waals surface area contributed by atoms with Crippen LogP contribution in [0.2, 0.25) is 0 Å². The average Bonchev–Trinajstić information content (AvgIpc) is 3.45. The van der Waals surface area contributed by atoms with Gasteiger partial charge in [-0.15, -0.1) is 23.7 Å². The molecule has 0 aliphatic carbocycles. The maximum absolute atomic E-state index is 13.6. The Morgan fingerprint density at radius 1 is 1.12 bits per heavy atom.